The maximum absolute atomic E-state index is 15.2. The van der Waals surface area contributed by atoms with Crippen LogP contribution in [0.3, 0.4) is 0 Å². The van der Waals surface area contributed by atoms with E-state index in [0.717, 1.165) is 24.3 Å². The van der Waals surface area contributed by atoms with E-state index in [1.54, 1.807) is 12.1 Å². The third-order valence-electron chi connectivity index (χ3n) is 8.71. The number of carbonyl (C=O) groups is 1. The van der Waals surface area contributed by atoms with Crippen molar-refractivity contribution in [1.82, 2.24) is 0 Å². The third-order valence-corrected chi connectivity index (χ3v) is 8.71. The number of esters is 1. The van der Waals surface area contributed by atoms with Gasteiger partial charge in [0.05, 0.1) is 12.2 Å². The normalized spacial score (nSPS) is 23.7. The molecule has 2 aliphatic carbocycles. The zero-order valence-corrected chi connectivity index (χ0v) is 22.7. The van der Waals surface area contributed by atoms with Gasteiger partial charge >= 0.3 is 5.97 Å². The summed E-state index contributed by atoms with van der Waals surface area (Å²) in [4.78, 5) is 11.8. The predicted octanol–water partition coefficient (Wildman–Crippen LogP) is 8.60. The number of rotatable bonds is 10. The van der Waals surface area contributed by atoms with E-state index in [2.05, 4.69) is 13.5 Å². The van der Waals surface area contributed by atoms with Crippen LogP contribution in [0.2, 0.25) is 0 Å². The number of hydrogen-bond donors (Lipinski definition) is 1. The van der Waals surface area contributed by atoms with Crippen molar-refractivity contribution in [2.24, 2.45) is 5.92 Å². The van der Waals surface area contributed by atoms with Crippen molar-refractivity contribution in [1.29, 1.82) is 0 Å². The lowest BCUT2D eigenvalue weighted by atomic mass is 9.77. The molecule has 5 heteroatoms. The van der Waals surface area contributed by atoms with Gasteiger partial charge in [-0.3, -0.25) is 0 Å². The first-order chi connectivity index (χ1) is 18.4. The van der Waals surface area contributed by atoms with Crippen LogP contribution in [0.25, 0.3) is 11.1 Å². The van der Waals surface area contributed by atoms with Gasteiger partial charge in [0.25, 0.3) is 0 Å². The highest BCUT2D eigenvalue weighted by molar-refractivity contribution is 5.88. The Morgan fingerprint density at radius 2 is 1.63 bits per heavy atom. The van der Waals surface area contributed by atoms with Crippen molar-refractivity contribution in [2.75, 3.05) is 6.61 Å². The van der Waals surface area contributed by atoms with Crippen LogP contribution in [-0.2, 0) is 9.53 Å². The molecule has 0 unspecified atom stereocenters. The summed E-state index contributed by atoms with van der Waals surface area (Å²) in [5.41, 5.74) is 2.73. The number of unbranched alkanes of at least 4 members (excludes halogenated alkanes) is 2. The second-order valence-corrected chi connectivity index (χ2v) is 11.3. The summed E-state index contributed by atoms with van der Waals surface area (Å²) in [6, 6.07) is 10.5. The second-order valence-electron chi connectivity index (χ2n) is 11.3. The first-order valence-corrected chi connectivity index (χ1v) is 14.5. The molecule has 2 aliphatic rings. The lowest BCUT2D eigenvalue weighted by Crippen LogP contribution is -2.25. The SMILES string of the molecule is C=C(CO)C(=O)OC1CCC(c2ccc(-c3ccc(C4CCC(CCCCC)CC4)cc3F)cc2F)CC1. The van der Waals surface area contributed by atoms with Crippen LogP contribution in [-0.4, -0.2) is 23.8 Å². The standard InChI is InChI=1S/C33H42F2O3/c1-3-4-5-6-23-7-9-24(10-8-23)26-13-17-30(31(34)19-26)27-14-18-29(32(35)20-27)25-11-15-28(16-12-25)38-33(37)22(2)21-36/h13-14,17-20,23-25,28,36H,2-12,15-16,21H2,1H3. The Bertz CT molecular complexity index is 1100. The molecule has 0 aromatic heterocycles. The highest BCUT2D eigenvalue weighted by atomic mass is 19.1. The molecule has 4 rings (SSSR count). The van der Waals surface area contributed by atoms with Crippen molar-refractivity contribution in [2.45, 2.75) is 102 Å². The lowest BCUT2D eigenvalue weighted by molar-refractivity contribution is -0.146. The van der Waals surface area contributed by atoms with Gasteiger partial charge in [-0.1, -0.05) is 63.5 Å². The first-order valence-electron chi connectivity index (χ1n) is 14.5. The van der Waals surface area contributed by atoms with Crippen molar-refractivity contribution < 1.29 is 23.4 Å². The average Bonchev–Trinajstić information content (AvgIpc) is 2.93. The molecule has 0 saturated heterocycles. The van der Waals surface area contributed by atoms with Crippen molar-refractivity contribution >= 4 is 5.97 Å². The maximum atomic E-state index is 15.2. The summed E-state index contributed by atoms with van der Waals surface area (Å²) in [6.45, 7) is 5.31. The molecule has 0 radical (unpaired) electrons. The van der Waals surface area contributed by atoms with E-state index in [1.807, 2.05) is 18.2 Å². The summed E-state index contributed by atoms with van der Waals surface area (Å²) >= 11 is 0. The average molecular weight is 525 g/mol. The number of ether oxygens (including phenoxy) is 1. The molecule has 2 aromatic carbocycles. The number of aliphatic hydroxyl groups excluding tert-OH is 1. The highest BCUT2D eigenvalue weighted by Crippen LogP contribution is 2.40. The molecule has 38 heavy (non-hydrogen) atoms. The smallest absolute Gasteiger partial charge is 0.336 e. The molecule has 2 fully saturated rings. The Morgan fingerprint density at radius 3 is 2.26 bits per heavy atom. The Balaban J connectivity index is 1.34. The van der Waals surface area contributed by atoms with Gasteiger partial charge in [-0.25, -0.2) is 13.6 Å². The van der Waals surface area contributed by atoms with Gasteiger partial charge in [-0.2, -0.15) is 0 Å². The fourth-order valence-electron chi connectivity index (χ4n) is 6.30. The van der Waals surface area contributed by atoms with Crippen LogP contribution < -0.4 is 0 Å². The summed E-state index contributed by atoms with van der Waals surface area (Å²) in [6.07, 6.45) is 12.3. The lowest BCUT2D eigenvalue weighted by Gasteiger charge is -2.29. The molecule has 0 spiro atoms. The summed E-state index contributed by atoms with van der Waals surface area (Å²) in [5, 5.41) is 9.02. The molecule has 2 saturated carbocycles. The monoisotopic (exact) mass is 524 g/mol. The van der Waals surface area contributed by atoms with E-state index in [0.29, 0.717) is 48.3 Å². The molecule has 0 atom stereocenters. The minimum Gasteiger partial charge on any atom is -0.459 e. The van der Waals surface area contributed by atoms with Gasteiger partial charge in [0.15, 0.2) is 0 Å². The Kier molecular flexibility index (Phi) is 10.1. The minimum absolute atomic E-state index is 0.0318. The number of halogens is 2. The molecular weight excluding hydrogens is 482 g/mol. The zero-order valence-electron chi connectivity index (χ0n) is 22.7. The molecule has 1 N–H and O–H groups in total. The van der Waals surface area contributed by atoms with Gasteiger partial charge in [0.1, 0.15) is 17.7 Å². The number of carbonyl (C=O) groups excluding carboxylic acids is 1. The van der Waals surface area contributed by atoms with Crippen molar-refractivity contribution in [3.05, 3.63) is 71.3 Å². The zero-order chi connectivity index (χ0) is 27.1. The number of hydrogen-bond acceptors (Lipinski definition) is 3. The fourth-order valence-corrected chi connectivity index (χ4v) is 6.30. The third kappa shape index (κ3) is 7.11. The Morgan fingerprint density at radius 1 is 0.921 bits per heavy atom. The van der Waals surface area contributed by atoms with Gasteiger partial charge in [0.2, 0.25) is 0 Å². The molecule has 0 amide bonds. The molecular formula is C33H42F2O3. The minimum atomic E-state index is -0.574. The molecule has 3 nitrogen and oxygen atoms in total. The van der Waals surface area contributed by atoms with Crippen LogP contribution >= 0.6 is 0 Å². The van der Waals surface area contributed by atoms with Gasteiger partial charge in [-0.05, 0) is 97.9 Å². The predicted molar refractivity (Wildman–Crippen MR) is 148 cm³/mol. The highest BCUT2D eigenvalue weighted by Gasteiger charge is 2.28. The first kappa shape index (κ1) is 28.5. The summed E-state index contributed by atoms with van der Waals surface area (Å²) < 4.78 is 35.8. The molecule has 206 valence electrons. The Hall–Kier alpha value is -2.53. The quantitative estimate of drug-likeness (QED) is 0.192. The van der Waals surface area contributed by atoms with Crippen LogP contribution in [0.15, 0.2) is 48.6 Å². The van der Waals surface area contributed by atoms with Crippen LogP contribution in [0, 0.1) is 17.6 Å². The van der Waals surface area contributed by atoms with Crippen LogP contribution in [0.5, 0.6) is 0 Å². The molecule has 0 heterocycles. The topological polar surface area (TPSA) is 46.5 Å². The fraction of sp³-hybridized carbons (Fsp3) is 0.545. The number of aliphatic hydroxyl groups is 1. The Labute approximate surface area is 226 Å². The summed E-state index contributed by atoms with van der Waals surface area (Å²) in [7, 11) is 0. The van der Waals surface area contributed by atoms with E-state index < -0.39 is 12.6 Å². The molecule has 2 aromatic rings. The second kappa shape index (κ2) is 13.5. The summed E-state index contributed by atoms with van der Waals surface area (Å²) in [5.74, 6) is 0.0860. The van der Waals surface area contributed by atoms with E-state index in [4.69, 9.17) is 9.84 Å². The number of benzene rings is 2. The molecule has 0 bridgehead atoms. The largest absolute Gasteiger partial charge is 0.459 e. The van der Waals surface area contributed by atoms with E-state index in [9.17, 15) is 4.79 Å². The van der Waals surface area contributed by atoms with E-state index in [1.165, 1.54) is 44.6 Å². The van der Waals surface area contributed by atoms with Crippen LogP contribution in [0.1, 0.15) is 107 Å². The molecule has 0 aliphatic heterocycles. The van der Waals surface area contributed by atoms with Gasteiger partial charge < -0.3 is 9.84 Å². The van der Waals surface area contributed by atoms with Crippen LogP contribution in [0.4, 0.5) is 8.78 Å². The van der Waals surface area contributed by atoms with E-state index >= 15 is 8.78 Å². The van der Waals surface area contributed by atoms with E-state index in [-0.39, 0.29) is 29.2 Å². The van der Waals surface area contributed by atoms with Gasteiger partial charge in [-0.15, -0.1) is 0 Å². The van der Waals surface area contributed by atoms with Gasteiger partial charge in [0, 0.05) is 5.56 Å². The maximum Gasteiger partial charge on any atom is 0.336 e. The van der Waals surface area contributed by atoms with Crippen molar-refractivity contribution in [3.63, 3.8) is 0 Å². The van der Waals surface area contributed by atoms with Crippen molar-refractivity contribution in [3.8, 4) is 11.1 Å².